The molecule has 0 aromatic heterocycles. The molecule has 0 fully saturated rings. The third-order valence-electron chi connectivity index (χ3n) is 3.37. The molecule has 1 aromatic rings. The first-order valence-electron chi connectivity index (χ1n) is 6.70. The van der Waals surface area contributed by atoms with Gasteiger partial charge in [-0.2, -0.15) is 0 Å². The lowest BCUT2D eigenvalue weighted by molar-refractivity contribution is -0.138. The van der Waals surface area contributed by atoms with Crippen molar-refractivity contribution >= 4 is 27.4 Å². The summed E-state index contributed by atoms with van der Waals surface area (Å²) in [6.07, 6.45) is 0.758. The minimum absolute atomic E-state index is 0.0153. The first-order chi connectivity index (χ1) is 9.76. The third kappa shape index (κ3) is 5.65. The second-order valence-corrected chi connectivity index (χ2v) is 7.44. The van der Waals surface area contributed by atoms with Crippen LogP contribution >= 0.6 is 11.6 Å². The molecule has 0 spiro atoms. The van der Waals surface area contributed by atoms with Crippen LogP contribution in [0.3, 0.4) is 0 Å². The number of nitrogens with zero attached hydrogens (tertiary/aromatic N) is 1. The lowest BCUT2D eigenvalue weighted by Gasteiger charge is -2.26. The Morgan fingerprint density at radius 3 is 2.38 bits per heavy atom. The number of sulfone groups is 1. The average molecular weight is 334 g/mol. The van der Waals surface area contributed by atoms with E-state index in [9.17, 15) is 13.2 Å². The van der Waals surface area contributed by atoms with Gasteiger partial charge in [0, 0.05) is 17.6 Å². The fourth-order valence-electron chi connectivity index (χ4n) is 1.88. The molecule has 1 aromatic carbocycles. The van der Waals surface area contributed by atoms with Gasteiger partial charge in [-0.3, -0.25) is 9.69 Å². The van der Waals surface area contributed by atoms with Crippen LogP contribution < -0.4 is 0 Å². The molecular formula is C14H20ClNO4S. The maximum atomic E-state index is 12.2. The predicted octanol–water partition coefficient (Wildman–Crippen LogP) is 2.30. The summed E-state index contributed by atoms with van der Waals surface area (Å²) in [5.74, 6) is -1.08. The van der Waals surface area contributed by atoms with Crippen LogP contribution in [0.5, 0.6) is 0 Å². The Hall–Kier alpha value is -1.11. The molecule has 0 saturated carbocycles. The Labute approximate surface area is 130 Å². The van der Waals surface area contributed by atoms with Crippen LogP contribution in [0.25, 0.3) is 0 Å². The van der Waals surface area contributed by atoms with E-state index in [1.807, 2.05) is 13.8 Å². The van der Waals surface area contributed by atoms with Crippen LogP contribution in [0.2, 0.25) is 5.02 Å². The van der Waals surface area contributed by atoms with Crippen LogP contribution in [-0.2, 0) is 14.6 Å². The fourth-order valence-corrected chi connectivity index (χ4v) is 3.27. The van der Waals surface area contributed by atoms with Gasteiger partial charge in [0.15, 0.2) is 9.84 Å². The smallest absolute Gasteiger partial charge is 0.317 e. The number of benzene rings is 1. The summed E-state index contributed by atoms with van der Waals surface area (Å²) in [6.45, 7) is 3.85. The summed E-state index contributed by atoms with van der Waals surface area (Å²) in [5.41, 5.74) is 0. The van der Waals surface area contributed by atoms with E-state index >= 15 is 0 Å². The molecule has 0 amide bonds. The number of aliphatic carboxylic acids is 1. The zero-order valence-electron chi connectivity index (χ0n) is 12.1. The zero-order chi connectivity index (χ0) is 16.0. The van der Waals surface area contributed by atoms with E-state index in [1.165, 1.54) is 24.3 Å². The number of carboxylic acids is 1. The number of carboxylic acid groups (broad SMARTS) is 1. The van der Waals surface area contributed by atoms with Crippen molar-refractivity contribution in [3.05, 3.63) is 29.3 Å². The highest BCUT2D eigenvalue weighted by molar-refractivity contribution is 7.91. The minimum Gasteiger partial charge on any atom is -0.480 e. The zero-order valence-corrected chi connectivity index (χ0v) is 13.7. The highest BCUT2D eigenvalue weighted by Gasteiger charge is 2.20. The lowest BCUT2D eigenvalue weighted by atomic mass is 10.2. The molecule has 0 aliphatic carbocycles. The summed E-state index contributed by atoms with van der Waals surface area (Å²) in [4.78, 5) is 12.7. The minimum atomic E-state index is -3.44. The SMILES string of the molecule is CCC(C)N(CCS(=O)(=O)c1ccc(Cl)cc1)CC(=O)O. The third-order valence-corrected chi connectivity index (χ3v) is 5.33. The number of carbonyl (C=O) groups is 1. The number of hydrogen-bond donors (Lipinski definition) is 1. The lowest BCUT2D eigenvalue weighted by Crippen LogP contribution is -2.40. The van der Waals surface area contributed by atoms with Crippen LogP contribution in [-0.4, -0.2) is 49.3 Å². The van der Waals surface area contributed by atoms with Crippen LogP contribution in [0.15, 0.2) is 29.2 Å². The van der Waals surface area contributed by atoms with Crippen molar-refractivity contribution in [2.24, 2.45) is 0 Å². The van der Waals surface area contributed by atoms with E-state index in [0.717, 1.165) is 6.42 Å². The summed E-state index contributed by atoms with van der Waals surface area (Å²) in [6, 6.07) is 5.99. The summed E-state index contributed by atoms with van der Waals surface area (Å²) in [7, 11) is -3.44. The van der Waals surface area contributed by atoms with Crippen molar-refractivity contribution in [1.29, 1.82) is 0 Å². The molecule has 0 aliphatic rings. The maximum Gasteiger partial charge on any atom is 0.317 e. The van der Waals surface area contributed by atoms with Crippen LogP contribution in [0.1, 0.15) is 20.3 Å². The van der Waals surface area contributed by atoms with Crippen molar-refractivity contribution in [3.8, 4) is 0 Å². The molecule has 0 bridgehead atoms. The summed E-state index contributed by atoms with van der Waals surface area (Å²) in [5, 5.41) is 9.37. The van der Waals surface area contributed by atoms with Crippen molar-refractivity contribution in [2.45, 2.75) is 31.2 Å². The van der Waals surface area contributed by atoms with Crippen molar-refractivity contribution in [1.82, 2.24) is 4.90 Å². The second-order valence-electron chi connectivity index (χ2n) is 4.89. The Kier molecular flexibility index (Phi) is 6.64. The van der Waals surface area contributed by atoms with E-state index in [0.29, 0.717) is 5.02 Å². The topological polar surface area (TPSA) is 74.7 Å². The van der Waals surface area contributed by atoms with Gasteiger partial charge in [0.2, 0.25) is 0 Å². The van der Waals surface area contributed by atoms with E-state index < -0.39 is 15.8 Å². The standard InChI is InChI=1S/C14H20ClNO4S/c1-3-11(2)16(10-14(17)18)8-9-21(19,20)13-6-4-12(15)5-7-13/h4-7,11H,3,8-10H2,1-2H3,(H,17,18). The van der Waals surface area contributed by atoms with Gasteiger partial charge in [-0.1, -0.05) is 18.5 Å². The molecule has 5 nitrogen and oxygen atoms in total. The molecule has 0 aliphatic heterocycles. The van der Waals surface area contributed by atoms with Gasteiger partial charge in [-0.05, 0) is 37.6 Å². The predicted molar refractivity (Wildman–Crippen MR) is 82.5 cm³/mol. The average Bonchev–Trinajstić information content (AvgIpc) is 2.42. The van der Waals surface area contributed by atoms with Crippen molar-refractivity contribution in [2.75, 3.05) is 18.8 Å². The monoisotopic (exact) mass is 333 g/mol. The Bertz CT molecular complexity index is 571. The van der Waals surface area contributed by atoms with Gasteiger partial charge in [-0.25, -0.2) is 8.42 Å². The number of halogens is 1. The second kappa shape index (κ2) is 7.77. The maximum absolute atomic E-state index is 12.2. The van der Waals surface area contributed by atoms with Gasteiger partial charge < -0.3 is 5.11 Å². The number of hydrogen-bond acceptors (Lipinski definition) is 4. The van der Waals surface area contributed by atoms with E-state index in [-0.39, 0.29) is 29.8 Å². The summed E-state index contributed by atoms with van der Waals surface area (Å²) < 4.78 is 24.5. The Morgan fingerprint density at radius 1 is 1.33 bits per heavy atom. The molecule has 0 radical (unpaired) electrons. The van der Waals surface area contributed by atoms with Gasteiger partial charge >= 0.3 is 5.97 Å². The first-order valence-corrected chi connectivity index (χ1v) is 8.73. The molecular weight excluding hydrogens is 314 g/mol. The largest absolute Gasteiger partial charge is 0.480 e. The molecule has 7 heteroatoms. The first kappa shape index (κ1) is 17.9. The van der Waals surface area contributed by atoms with Crippen LogP contribution in [0.4, 0.5) is 0 Å². The molecule has 0 heterocycles. The number of rotatable bonds is 8. The molecule has 1 unspecified atom stereocenters. The Balaban J connectivity index is 2.78. The summed E-state index contributed by atoms with van der Waals surface area (Å²) >= 11 is 5.74. The molecule has 1 rings (SSSR count). The quantitative estimate of drug-likeness (QED) is 0.790. The highest BCUT2D eigenvalue weighted by Crippen LogP contribution is 2.16. The normalized spacial score (nSPS) is 13.3. The van der Waals surface area contributed by atoms with Crippen molar-refractivity contribution < 1.29 is 18.3 Å². The van der Waals surface area contributed by atoms with Gasteiger partial charge in [0.1, 0.15) is 0 Å². The molecule has 21 heavy (non-hydrogen) atoms. The van der Waals surface area contributed by atoms with E-state index in [4.69, 9.17) is 16.7 Å². The van der Waals surface area contributed by atoms with E-state index in [2.05, 4.69) is 0 Å². The fraction of sp³-hybridized carbons (Fsp3) is 0.500. The van der Waals surface area contributed by atoms with Crippen LogP contribution in [0, 0.1) is 0 Å². The Morgan fingerprint density at radius 2 is 1.90 bits per heavy atom. The molecule has 0 saturated heterocycles. The molecule has 118 valence electrons. The van der Waals surface area contributed by atoms with Gasteiger partial charge in [-0.15, -0.1) is 0 Å². The van der Waals surface area contributed by atoms with Crippen molar-refractivity contribution in [3.63, 3.8) is 0 Å². The molecule has 1 atom stereocenters. The van der Waals surface area contributed by atoms with E-state index in [1.54, 1.807) is 4.90 Å². The molecule has 1 N–H and O–H groups in total. The van der Waals surface area contributed by atoms with Gasteiger partial charge in [0.05, 0.1) is 17.2 Å². The highest BCUT2D eigenvalue weighted by atomic mass is 35.5. The van der Waals surface area contributed by atoms with Gasteiger partial charge in [0.25, 0.3) is 0 Å².